The lowest BCUT2D eigenvalue weighted by Crippen LogP contribution is -2.06. The molecule has 60 valence electrons. The van der Waals surface area contributed by atoms with Gasteiger partial charge in [-0.3, -0.25) is 5.73 Å². The minimum atomic E-state index is 0.744. The van der Waals surface area contributed by atoms with E-state index >= 15 is 0 Å². The molecule has 0 radical (unpaired) electrons. The lowest BCUT2D eigenvalue weighted by atomic mass is 10.2. The molecule has 0 amide bonds. The van der Waals surface area contributed by atoms with E-state index in [9.17, 15) is 0 Å². The number of hydrogen-bond donors (Lipinski definition) is 1. The molecule has 0 aliphatic carbocycles. The molecular weight excluding hydrogens is 168 g/mol. The number of aromatic nitrogens is 1. The van der Waals surface area contributed by atoms with Gasteiger partial charge in [0, 0.05) is 10.9 Å². The number of nitrogens with one attached hydrogen (secondary N) is 1. The second-order valence-electron chi connectivity index (χ2n) is 2.50. The van der Waals surface area contributed by atoms with Crippen LogP contribution in [0, 0.1) is 0 Å². The summed E-state index contributed by atoms with van der Waals surface area (Å²) in [6.45, 7) is 0. The van der Waals surface area contributed by atoms with Gasteiger partial charge >= 0.3 is 5.13 Å². The van der Waals surface area contributed by atoms with E-state index in [1.54, 1.807) is 0 Å². The topological polar surface area (TPSA) is 40.2 Å². The van der Waals surface area contributed by atoms with Crippen LogP contribution in [-0.4, -0.2) is 0 Å². The summed E-state index contributed by atoms with van der Waals surface area (Å²) in [6, 6.07) is 10.1. The maximum absolute atomic E-state index is 5.58. The van der Waals surface area contributed by atoms with Gasteiger partial charge in [-0.05, 0) is 0 Å². The van der Waals surface area contributed by atoms with Crippen LogP contribution in [0.2, 0.25) is 0 Å². The number of benzene rings is 1. The summed E-state index contributed by atoms with van der Waals surface area (Å²) in [7, 11) is 0. The minimum absolute atomic E-state index is 0.744. The van der Waals surface area contributed by atoms with E-state index in [4.69, 9.17) is 5.73 Å². The molecular formula is C9H9N2S+. The number of aromatic amines is 1. The highest BCUT2D eigenvalue weighted by molar-refractivity contribution is 7.13. The third-order valence-electron chi connectivity index (χ3n) is 1.65. The van der Waals surface area contributed by atoms with Crippen molar-refractivity contribution in [1.29, 1.82) is 0 Å². The molecule has 1 heterocycles. The highest BCUT2D eigenvalue weighted by Gasteiger charge is 2.04. The highest BCUT2D eigenvalue weighted by Crippen LogP contribution is 2.17. The van der Waals surface area contributed by atoms with Gasteiger partial charge < -0.3 is 0 Å². The van der Waals surface area contributed by atoms with Crippen LogP contribution in [0.3, 0.4) is 0 Å². The Hall–Kier alpha value is -1.35. The zero-order chi connectivity index (χ0) is 8.39. The summed E-state index contributed by atoms with van der Waals surface area (Å²) in [6.07, 6.45) is 0. The second-order valence-corrected chi connectivity index (χ2v) is 3.42. The maximum Gasteiger partial charge on any atom is 0.329 e. The molecule has 12 heavy (non-hydrogen) atoms. The fraction of sp³-hybridized carbons (Fsp3) is 0. The summed E-state index contributed by atoms with van der Waals surface area (Å²) in [5, 5.41) is 2.76. The lowest BCUT2D eigenvalue weighted by Gasteiger charge is -1.90. The molecule has 2 rings (SSSR count). The Balaban J connectivity index is 2.45. The molecule has 0 bridgehead atoms. The fourth-order valence-corrected chi connectivity index (χ4v) is 1.68. The van der Waals surface area contributed by atoms with Crippen LogP contribution >= 0.6 is 11.3 Å². The number of H-pyrrole nitrogens is 1. The second kappa shape index (κ2) is 2.95. The molecule has 0 saturated carbocycles. The molecule has 2 aromatic rings. The van der Waals surface area contributed by atoms with Gasteiger partial charge in [-0.15, -0.1) is 0 Å². The molecule has 0 atom stereocenters. The van der Waals surface area contributed by atoms with Crippen molar-refractivity contribution in [3.63, 3.8) is 0 Å². The Bertz CT molecular complexity index is 367. The average molecular weight is 177 g/mol. The van der Waals surface area contributed by atoms with Crippen LogP contribution in [0.1, 0.15) is 0 Å². The number of rotatable bonds is 1. The van der Waals surface area contributed by atoms with E-state index in [1.165, 1.54) is 16.9 Å². The van der Waals surface area contributed by atoms with Crippen molar-refractivity contribution in [2.75, 3.05) is 5.73 Å². The van der Waals surface area contributed by atoms with Crippen LogP contribution in [0.4, 0.5) is 5.13 Å². The van der Waals surface area contributed by atoms with Crippen molar-refractivity contribution in [3.05, 3.63) is 35.7 Å². The first-order chi connectivity index (χ1) is 5.86. The van der Waals surface area contributed by atoms with E-state index in [1.807, 2.05) is 23.6 Å². The van der Waals surface area contributed by atoms with E-state index in [0.717, 1.165) is 10.8 Å². The molecule has 0 unspecified atom stereocenters. The Labute approximate surface area is 74.7 Å². The Kier molecular flexibility index (Phi) is 1.80. The van der Waals surface area contributed by atoms with Crippen LogP contribution in [0.25, 0.3) is 11.3 Å². The van der Waals surface area contributed by atoms with Crippen LogP contribution in [0.15, 0.2) is 35.7 Å². The Morgan fingerprint density at radius 1 is 1.17 bits per heavy atom. The molecule has 0 aliphatic heterocycles. The molecule has 0 saturated heterocycles. The van der Waals surface area contributed by atoms with E-state index < -0.39 is 0 Å². The number of nitrogens with two attached hydrogens (primary N) is 1. The van der Waals surface area contributed by atoms with Gasteiger partial charge in [-0.1, -0.05) is 41.7 Å². The third kappa shape index (κ3) is 1.31. The van der Waals surface area contributed by atoms with E-state index in [0.29, 0.717) is 0 Å². The monoisotopic (exact) mass is 177 g/mol. The number of nitrogen functional groups attached to an aromatic ring is 1. The van der Waals surface area contributed by atoms with Gasteiger partial charge in [0.25, 0.3) is 0 Å². The molecule has 0 aliphatic rings. The fourth-order valence-electron chi connectivity index (χ4n) is 1.07. The molecule has 3 heteroatoms. The summed E-state index contributed by atoms with van der Waals surface area (Å²) in [5.74, 6) is 0. The van der Waals surface area contributed by atoms with Crippen molar-refractivity contribution >= 4 is 16.5 Å². The first-order valence-electron chi connectivity index (χ1n) is 3.68. The minimum Gasteiger partial charge on any atom is -0.278 e. The van der Waals surface area contributed by atoms with Crippen molar-refractivity contribution in [2.45, 2.75) is 0 Å². The summed E-state index contributed by atoms with van der Waals surface area (Å²) < 4.78 is 0. The average Bonchev–Trinajstić information content (AvgIpc) is 2.54. The third-order valence-corrected chi connectivity index (χ3v) is 2.36. The largest absolute Gasteiger partial charge is 0.329 e. The van der Waals surface area contributed by atoms with Gasteiger partial charge in [0.15, 0.2) is 0 Å². The smallest absolute Gasteiger partial charge is 0.278 e. The summed E-state index contributed by atoms with van der Waals surface area (Å²) >= 11 is 1.52. The first kappa shape index (κ1) is 7.31. The first-order valence-corrected chi connectivity index (χ1v) is 4.56. The zero-order valence-corrected chi connectivity index (χ0v) is 7.27. The van der Waals surface area contributed by atoms with Crippen molar-refractivity contribution in [3.8, 4) is 11.3 Å². The van der Waals surface area contributed by atoms with Crippen LogP contribution in [-0.2, 0) is 0 Å². The van der Waals surface area contributed by atoms with Crippen molar-refractivity contribution in [2.24, 2.45) is 0 Å². The number of anilines is 1. The van der Waals surface area contributed by atoms with Crippen molar-refractivity contribution in [1.82, 2.24) is 0 Å². The van der Waals surface area contributed by atoms with Crippen molar-refractivity contribution < 1.29 is 4.98 Å². The van der Waals surface area contributed by atoms with Crippen LogP contribution in [0.5, 0.6) is 0 Å². The van der Waals surface area contributed by atoms with Gasteiger partial charge in [0.05, 0.1) is 0 Å². The summed E-state index contributed by atoms with van der Waals surface area (Å²) in [5.41, 5.74) is 7.83. The molecule has 2 nitrogen and oxygen atoms in total. The molecule has 1 aromatic carbocycles. The van der Waals surface area contributed by atoms with Gasteiger partial charge in [0.1, 0.15) is 5.69 Å². The van der Waals surface area contributed by atoms with Crippen LogP contribution < -0.4 is 10.7 Å². The normalized spacial score (nSPS) is 10.0. The Morgan fingerprint density at radius 2 is 1.92 bits per heavy atom. The maximum atomic E-state index is 5.58. The van der Waals surface area contributed by atoms with Gasteiger partial charge in [-0.2, -0.15) is 0 Å². The Morgan fingerprint density at radius 3 is 2.50 bits per heavy atom. The predicted octanol–water partition coefficient (Wildman–Crippen LogP) is 1.81. The number of thiazole rings is 1. The predicted molar refractivity (Wildman–Crippen MR) is 50.7 cm³/mol. The molecule has 1 aromatic heterocycles. The quantitative estimate of drug-likeness (QED) is 0.709. The molecule has 3 N–H and O–H groups in total. The van der Waals surface area contributed by atoms with Gasteiger partial charge in [-0.25, -0.2) is 4.98 Å². The standard InChI is InChI=1S/C9H8N2S/c10-9-11-8(6-12-9)7-4-2-1-3-5-7/h1-6H,(H2,10,11)/p+1. The van der Waals surface area contributed by atoms with Gasteiger partial charge in [0.2, 0.25) is 0 Å². The SMILES string of the molecule is Nc1[nH+]c(-c2ccccc2)cs1. The zero-order valence-electron chi connectivity index (χ0n) is 6.45. The van der Waals surface area contributed by atoms with E-state index in [2.05, 4.69) is 17.1 Å². The molecule has 0 spiro atoms. The number of hydrogen-bond acceptors (Lipinski definition) is 2. The highest BCUT2D eigenvalue weighted by atomic mass is 32.1. The van der Waals surface area contributed by atoms with E-state index in [-0.39, 0.29) is 0 Å². The molecule has 0 fully saturated rings. The summed E-state index contributed by atoms with van der Waals surface area (Å²) in [4.78, 5) is 3.09. The lowest BCUT2D eigenvalue weighted by molar-refractivity contribution is -0.340.